The van der Waals surface area contributed by atoms with Crippen molar-refractivity contribution in [2.45, 2.75) is 18.6 Å². The molecular formula is C14H16O. The van der Waals surface area contributed by atoms with Gasteiger partial charge in [0.25, 0.3) is 0 Å². The molecule has 1 heteroatoms. The molecule has 0 aromatic heterocycles. The molecule has 0 spiro atoms. The van der Waals surface area contributed by atoms with Gasteiger partial charge in [0, 0.05) is 5.92 Å². The molecule has 3 unspecified atom stereocenters. The highest BCUT2D eigenvalue weighted by Gasteiger charge is 2.31. The van der Waals surface area contributed by atoms with Crippen LogP contribution in [0.1, 0.15) is 18.1 Å². The van der Waals surface area contributed by atoms with Crippen LogP contribution in [0.25, 0.3) is 0 Å². The molecule has 78 valence electrons. The highest BCUT2D eigenvalue weighted by molar-refractivity contribution is 5.20. The quantitative estimate of drug-likeness (QED) is 0.678. The second kappa shape index (κ2) is 4.45. The van der Waals surface area contributed by atoms with Crippen LogP contribution in [0.4, 0.5) is 0 Å². The molecule has 0 N–H and O–H groups in total. The molecule has 1 aliphatic rings. The summed E-state index contributed by atoms with van der Waals surface area (Å²) in [6.45, 7) is 7.64. The van der Waals surface area contributed by atoms with Crippen LogP contribution in [0.5, 0.6) is 0 Å². The summed E-state index contributed by atoms with van der Waals surface area (Å²) in [7, 11) is 0. The van der Waals surface area contributed by atoms with Crippen LogP contribution < -0.4 is 0 Å². The van der Waals surface area contributed by atoms with Crippen molar-refractivity contribution in [1.29, 1.82) is 0 Å². The van der Waals surface area contributed by atoms with Crippen LogP contribution in [0.2, 0.25) is 0 Å². The molecule has 0 bridgehead atoms. The Balaban J connectivity index is 2.15. The average Bonchev–Trinajstić information content (AvgIpc) is 2.73. The topological polar surface area (TPSA) is 9.23 Å². The van der Waals surface area contributed by atoms with E-state index in [4.69, 9.17) is 4.74 Å². The highest BCUT2D eigenvalue weighted by Crippen LogP contribution is 2.37. The van der Waals surface area contributed by atoms with Gasteiger partial charge in [-0.05, 0) is 12.0 Å². The van der Waals surface area contributed by atoms with Crippen molar-refractivity contribution in [2.75, 3.05) is 0 Å². The van der Waals surface area contributed by atoms with E-state index in [1.807, 2.05) is 30.4 Å². The smallest absolute Gasteiger partial charge is 0.0840 e. The molecule has 1 aliphatic heterocycles. The summed E-state index contributed by atoms with van der Waals surface area (Å²) in [5.74, 6) is 0.396. The fraction of sp³-hybridized carbons (Fsp3) is 0.286. The van der Waals surface area contributed by atoms with Crippen LogP contribution in [0, 0.1) is 5.92 Å². The largest absolute Gasteiger partial charge is 0.366 e. The van der Waals surface area contributed by atoms with Gasteiger partial charge in [-0.25, -0.2) is 0 Å². The second-order valence-corrected chi connectivity index (χ2v) is 3.87. The van der Waals surface area contributed by atoms with Gasteiger partial charge >= 0.3 is 0 Å². The minimum atomic E-state index is 0.118. The zero-order valence-corrected chi connectivity index (χ0v) is 8.80. The van der Waals surface area contributed by atoms with Crippen molar-refractivity contribution in [3.8, 4) is 0 Å². The fourth-order valence-corrected chi connectivity index (χ4v) is 2.07. The van der Waals surface area contributed by atoms with Gasteiger partial charge < -0.3 is 4.74 Å². The molecule has 15 heavy (non-hydrogen) atoms. The third kappa shape index (κ3) is 2.02. The maximum Gasteiger partial charge on any atom is 0.0840 e. The summed E-state index contributed by atoms with van der Waals surface area (Å²) in [4.78, 5) is 0. The van der Waals surface area contributed by atoms with Crippen molar-refractivity contribution < 1.29 is 4.74 Å². The van der Waals surface area contributed by atoms with E-state index in [-0.39, 0.29) is 12.2 Å². The standard InChI is InChI=1S/C14H16O/c1-3-11-10-14(15-13(11)4-2)12-8-6-5-7-9-12/h3-9,11,13-14H,1-2,10H2. The maximum absolute atomic E-state index is 5.91. The summed E-state index contributed by atoms with van der Waals surface area (Å²) < 4.78 is 5.91. The van der Waals surface area contributed by atoms with E-state index in [1.165, 1.54) is 5.56 Å². The van der Waals surface area contributed by atoms with E-state index in [2.05, 4.69) is 25.3 Å². The van der Waals surface area contributed by atoms with E-state index in [0.717, 1.165) is 6.42 Å². The van der Waals surface area contributed by atoms with Crippen LogP contribution >= 0.6 is 0 Å². The van der Waals surface area contributed by atoms with Gasteiger partial charge in [-0.1, -0.05) is 42.5 Å². The molecule has 1 fully saturated rings. The Morgan fingerprint density at radius 1 is 1.13 bits per heavy atom. The first-order valence-electron chi connectivity index (χ1n) is 5.30. The Labute approximate surface area is 91.1 Å². The van der Waals surface area contributed by atoms with Gasteiger partial charge in [0.1, 0.15) is 0 Å². The minimum absolute atomic E-state index is 0.118. The molecule has 1 heterocycles. The van der Waals surface area contributed by atoms with E-state index in [9.17, 15) is 0 Å². The predicted molar refractivity (Wildman–Crippen MR) is 62.6 cm³/mol. The lowest BCUT2D eigenvalue weighted by Gasteiger charge is -2.11. The average molecular weight is 200 g/mol. The van der Waals surface area contributed by atoms with Gasteiger partial charge in [-0.2, -0.15) is 0 Å². The SMILES string of the molecule is C=CC1CC(c2ccccc2)OC1C=C. The van der Waals surface area contributed by atoms with Crippen LogP contribution in [0.15, 0.2) is 55.6 Å². The Morgan fingerprint density at radius 3 is 2.40 bits per heavy atom. The van der Waals surface area contributed by atoms with Crippen molar-refractivity contribution in [3.05, 3.63) is 61.2 Å². The third-order valence-electron chi connectivity index (χ3n) is 2.94. The van der Waals surface area contributed by atoms with Gasteiger partial charge in [0.05, 0.1) is 12.2 Å². The van der Waals surface area contributed by atoms with Crippen molar-refractivity contribution >= 4 is 0 Å². The lowest BCUT2D eigenvalue weighted by Crippen LogP contribution is -2.09. The number of benzene rings is 1. The van der Waals surface area contributed by atoms with Gasteiger partial charge in [-0.3, -0.25) is 0 Å². The Hall–Kier alpha value is -1.34. The van der Waals surface area contributed by atoms with Gasteiger partial charge in [0.15, 0.2) is 0 Å². The monoisotopic (exact) mass is 200 g/mol. The van der Waals surface area contributed by atoms with Crippen molar-refractivity contribution in [3.63, 3.8) is 0 Å². The van der Waals surface area contributed by atoms with Gasteiger partial charge in [-0.15, -0.1) is 13.2 Å². The maximum atomic E-state index is 5.91. The first kappa shape index (κ1) is 10.2. The Bertz CT molecular complexity index is 326. The first-order chi connectivity index (χ1) is 7.35. The number of rotatable bonds is 3. The molecule has 0 aliphatic carbocycles. The minimum Gasteiger partial charge on any atom is -0.366 e. The lowest BCUT2D eigenvalue weighted by atomic mass is 9.97. The Morgan fingerprint density at radius 2 is 1.87 bits per heavy atom. The van der Waals surface area contributed by atoms with Crippen molar-refractivity contribution in [2.24, 2.45) is 5.92 Å². The van der Waals surface area contributed by atoms with E-state index in [1.54, 1.807) is 0 Å². The van der Waals surface area contributed by atoms with Gasteiger partial charge in [0.2, 0.25) is 0 Å². The summed E-state index contributed by atoms with van der Waals surface area (Å²) in [5.41, 5.74) is 1.24. The molecule has 1 aromatic carbocycles. The Kier molecular flexibility index (Phi) is 3.02. The van der Waals surface area contributed by atoms with Crippen LogP contribution in [-0.2, 0) is 4.74 Å². The zero-order valence-electron chi connectivity index (χ0n) is 8.80. The molecule has 0 amide bonds. The summed E-state index contributed by atoms with van der Waals surface area (Å²) in [5, 5.41) is 0. The summed E-state index contributed by atoms with van der Waals surface area (Å²) >= 11 is 0. The molecule has 0 radical (unpaired) electrons. The third-order valence-corrected chi connectivity index (χ3v) is 2.94. The fourth-order valence-electron chi connectivity index (χ4n) is 2.07. The molecular weight excluding hydrogens is 184 g/mol. The zero-order chi connectivity index (χ0) is 10.7. The predicted octanol–water partition coefficient (Wildman–Crippen LogP) is 3.50. The summed E-state index contributed by atoms with van der Waals surface area (Å²) in [6.07, 6.45) is 5.15. The molecule has 1 saturated heterocycles. The summed E-state index contributed by atoms with van der Waals surface area (Å²) in [6, 6.07) is 10.3. The normalized spacial score (nSPS) is 30.0. The molecule has 1 nitrogen and oxygen atoms in total. The van der Waals surface area contributed by atoms with Crippen LogP contribution in [-0.4, -0.2) is 6.10 Å². The number of ether oxygens (including phenoxy) is 1. The van der Waals surface area contributed by atoms with E-state index in [0.29, 0.717) is 5.92 Å². The van der Waals surface area contributed by atoms with Crippen LogP contribution in [0.3, 0.4) is 0 Å². The molecule has 1 aromatic rings. The second-order valence-electron chi connectivity index (χ2n) is 3.87. The highest BCUT2D eigenvalue weighted by atomic mass is 16.5. The first-order valence-corrected chi connectivity index (χ1v) is 5.30. The van der Waals surface area contributed by atoms with E-state index >= 15 is 0 Å². The van der Waals surface area contributed by atoms with E-state index < -0.39 is 0 Å². The molecule has 3 atom stereocenters. The number of hydrogen-bond donors (Lipinski definition) is 0. The van der Waals surface area contributed by atoms with Crippen molar-refractivity contribution in [1.82, 2.24) is 0 Å². The molecule has 0 saturated carbocycles. The lowest BCUT2D eigenvalue weighted by molar-refractivity contribution is 0.0663. The molecule has 2 rings (SSSR count). The number of hydrogen-bond acceptors (Lipinski definition) is 1.